The van der Waals surface area contributed by atoms with Crippen LogP contribution in [0.25, 0.3) is 0 Å². The van der Waals surface area contributed by atoms with Gasteiger partial charge in [0.2, 0.25) is 0 Å². The minimum absolute atomic E-state index is 0.0180. The number of hydrogen-bond donors (Lipinski definition) is 2. The third-order valence-corrected chi connectivity index (χ3v) is 3.95. The second-order valence-corrected chi connectivity index (χ2v) is 5.37. The molecule has 1 aliphatic rings. The number of hydrogen-bond acceptors (Lipinski definition) is 4. The maximum Gasteiger partial charge on any atom is 0.308 e. The summed E-state index contributed by atoms with van der Waals surface area (Å²) in [7, 11) is 0. The van der Waals surface area contributed by atoms with Gasteiger partial charge >= 0.3 is 5.97 Å². The molecule has 1 aliphatic heterocycles. The van der Waals surface area contributed by atoms with E-state index in [1.165, 1.54) is 18.5 Å². The first-order valence-corrected chi connectivity index (χ1v) is 7.15. The van der Waals surface area contributed by atoms with Crippen LogP contribution in [0.4, 0.5) is 0 Å². The van der Waals surface area contributed by atoms with Gasteiger partial charge < -0.3 is 15.2 Å². The molecule has 1 aromatic rings. The average Bonchev–Trinajstić information content (AvgIpc) is 2.48. The predicted molar refractivity (Wildman–Crippen MR) is 76.2 cm³/mol. The molecule has 0 bridgehead atoms. The highest BCUT2D eigenvalue weighted by molar-refractivity contribution is 6.33. The summed E-state index contributed by atoms with van der Waals surface area (Å²) in [6.45, 7) is 1.22. The first-order valence-electron chi connectivity index (χ1n) is 6.78. The number of ether oxygens (including phenoxy) is 1. The summed E-state index contributed by atoms with van der Waals surface area (Å²) in [6, 6.07) is 1.50. The number of halogens is 1. The van der Waals surface area contributed by atoms with Crippen LogP contribution in [0.3, 0.4) is 0 Å². The van der Waals surface area contributed by atoms with Crippen molar-refractivity contribution in [3.63, 3.8) is 0 Å². The number of carboxylic acids is 1. The summed E-state index contributed by atoms with van der Waals surface area (Å²) >= 11 is 5.89. The van der Waals surface area contributed by atoms with E-state index >= 15 is 0 Å². The SMILES string of the molecule is O=C(NCC(C(=O)O)C1CCOCC1)c1ccncc1Cl. The minimum atomic E-state index is -0.900. The smallest absolute Gasteiger partial charge is 0.308 e. The molecule has 0 saturated carbocycles. The molecule has 0 aliphatic carbocycles. The molecule has 6 nitrogen and oxygen atoms in total. The van der Waals surface area contributed by atoms with Gasteiger partial charge in [0.25, 0.3) is 5.91 Å². The third-order valence-electron chi connectivity index (χ3n) is 3.65. The van der Waals surface area contributed by atoms with Crippen molar-refractivity contribution in [1.29, 1.82) is 0 Å². The molecule has 114 valence electrons. The molecule has 1 unspecified atom stereocenters. The highest BCUT2D eigenvalue weighted by Gasteiger charge is 2.30. The fraction of sp³-hybridized carbons (Fsp3) is 0.500. The van der Waals surface area contributed by atoms with Crippen molar-refractivity contribution in [3.05, 3.63) is 29.0 Å². The highest BCUT2D eigenvalue weighted by atomic mass is 35.5. The number of nitrogens with zero attached hydrogens (tertiary/aromatic N) is 1. The fourth-order valence-electron chi connectivity index (χ4n) is 2.43. The lowest BCUT2D eigenvalue weighted by Crippen LogP contribution is -2.39. The Morgan fingerprint density at radius 3 is 2.81 bits per heavy atom. The van der Waals surface area contributed by atoms with Gasteiger partial charge in [-0.2, -0.15) is 0 Å². The number of aliphatic carboxylic acids is 1. The topological polar surface area (TPSA) is 88.5 Å². The number of amides is 1. The monoisotopic (exact) mass is 312 g/mol. The van der Waals surface area contributed by atoms with Gasteiger partial charge in [-0.25, -0.2) is 0 Å². The van der Waals surface area contributed by atoms with E-state index < -0.39 is 11.9 Å². The third kappa shape index (κ3) is 4.15. The Labute approximate surface area is 127 Å². The lowest BCUT2D eigenvalue weighted by Gasteiger charge is -2.27. The van der Waals surface area contributed by atoms with Gasteiger partial charge in [-0.3, -0.25) is 14.6 Å². The van der Waals surface area contributed by atoms with Gasteiger partial charge in [-0.1, -0.05) is 11.6 Å². The van der Waals surface area contributed by atoms with E-state index in [1.54, 1.807) is 0 Å². The Bertz CT molecular complexity index is 517. The number of rotatable bonds is 5. The van der Waals surface area contributed by atoms with Crippen LogP contribution < -0.4 is 5.32 Å². The second-order valence-electron chi connectivity index (χ2n) is 4.96. The predicted octanol–water partition coefficient (Wildman–Crippen LogP) is 1.59. The zero-order chi connectivity index (χ0) is 15.2. The first-order chi connectivity index (χ1) is 10.1. The van der Waals surface area contributed by atoms with Crippen molar-refractivity contribution in [1.82, 2.24) is 10.3 Å². The van der Waals surface area contributed by atoms with Gasteiger partial charge in [0, 0.05) is 32.2 Å². The maximum absolute atomic E-state index is 12.0. The number of nitrogens with one attached hydrogen (secondary N) is 1. The molecule has 21 heavy (non-hydrogen) atoms. The molecule has 2 rings (SSSR count). The normalized spacial score (nSPS) is 17.2. The average molecular weight is 313 g/mol. The van der Waals surface area contributed by atoms with Crippen molar-refractivity contribution >= 4 is 23.5 Å². The van der Waals surface area contributed by atoms with Gasteiger partial charge in [0.15, 0.2) is 0 Å². The lowest BCUT2D eigenvalue weighted by atomic mass is 9.86. The van der Waals surface area contributed by atoms with Crippen molar-refractivity contribution in [2.45, 2.75) is 12.8 Å². The molecule has 1 fully saturated rings. The van der Waals surface area contributed by atoms with Crippen LogP contribution in [0.5, 0.6) is 0 Å². The van der Waals surface area contributed by atoms with Crippen LogP contribution in [0, 0.1) is 11.8 Å². The lowest BCUT2D eigenvalue weighted by molar-refractivity contribution is -0.144. The van der Waals surface area contributed by atoms with Gasteiger partial charge in [0.1, 0.15) is 0 Å². The Morgan fingerprint density at radius 2 is 2.19 bits per heavy atom. The summed E-state index contributed by atoms with van der Waals surface area (Å²) in [5.74, 6) is -1.88. The molecule has 2 heterocycles. The van der Waals surface area contributed by atoms with Crippen LogP contribution in [0.1, 0.15) is 23.2 Å². The van der Waals surface area contributed by atoms with E-state index in [4.69, 9.17) is 16.3 Å². The Balaban J connectivity index is 1.97. The van der Waals surface area contributed by atoms with Crippen LogP contribution >= 0.6 is 11.6 Å². The van der Waals surface area contributed by atoms with Gasteiger partial charge in [-0.15, -0.1) is 0 Å². The summed E-state index contributed by atoms with van der Waals surface area (Å²) in [6.07, 6.45) is 4.24. The van der Waals surface area contributed by atoms with E-state index in [0.29, 0.717) is 31.6 Å². The van der Waals surface area contributed by atoms with Crippen LogP contribution in [0.2, 0.25) is 5.02 Å². The van der Waals surface area contributed by atoms with Crippen molar-refractivity contribution < 1.29 is 19.4 Å². The Kier molecular flexibility index (Phi) is 5.52. The number of pyridine rings is 1. The van der Waals surface area contributed by atoms with E-state index in [0.717, 1.165) is 0 Å². The van der Waals surface area contributed by atoms with E-state index in [2.05, 4.69) is 10.3 Å². The maximum atomic E-state index is 12.0. The van der Waals surface area contributed by atoms with Crippen molar-refractivity contribution in [2.24, 2.45) is 11.8 Å². The van der Waals surface area contributed by atoms with Crippen molar-refractivity contribution in [2.75, 3.05) is 19.8 Å². The summed E-state index contributed by atoms with van der Waals surface area (Å²) in [5, 5.41) is 12.2. The minimum Gasteiger partial charge on any atom is -0.481 e. The van der Waals surface area contributed by atoms with Crippen LogP contribution in [0.15, 0.2) is 18.5 Å². The molecule has 1 atom stereocenters. The summed E-state index contributed by atoms with van der Waals surface area (Å²) < 4.78 is 5.24. The standard InChI is InChI=1S/C14H17ClN2O4/c15-12-8-16-4-1-10(12)13(18)17-7-11(14(19)20)9-2-5-21-6-3-9/h1,4,8-9,11H,2-3,5-7H2,(H,17,18)(H,19,20). The molecule has 0 aromatic carbocycles. The zero-order valence-corrected chi connectivity index (χ0v) is 12.2. The Morgan fingerprint density at radius 1 is 1.48 bits per heavy atom. The second kappa shape index (κ2) is 7.38. The summed E-state index contributed by atoms with van der Waals surface area (Å²) in [5.41, 5.74) is 0.294. The quantitative estimate of drug-likeness (QED) is 0.862. The molecule has 2 N–H and O–H groups in total. The fourth-order valence-corrected chi connectivity index (χ4v) is 2.64. The zero-order valence-electron chi connectivity index (χ0n) is 11.4. The van der Waals surface area contributed by atoms with Crippen LogP contribution in [-0.4, -0.2) is 41.7 Å². The van der Waals surface area contributed by atoms with E-state index in [9.17, 15) is 14.7 Å². The molecule has 0 radical (unpaired) electrons. The van der Waals surface area contributed by atoms with E-state index in [-0.39, 0.29) is 23.4 Å². The van der Waals surface area contributed by atoms with Crippen LogP contribution in [-0.2, 0) is 9.53 Å². The van der Waals surface area contributed by atoms with E-state index in [1.807, 2.05) is 0 Å². The van der Waals surface area contributed by atoms with Gasteiger partial charge in [-0.05, 0) is 24.8 Å². The number of carbonyl (C=O) groups excluding carboxylic acids is 1. The Hall–Kier alpha value is -1.66. The highest BCUT2D eigenvalue weighted by Crippen LogP contribution is 2.24. The molecule has 7 heteroatoms. The molecule has 0 spiro atoms. The molecule has 1 amide bonds. The molecule has 1 saturated heterocycles. The number of carboxylic acid groups (broad SMARTS) is 1. The summed E-state index contributed by atoms with van der Waals surface area (Å²) in [4.78, 5) is 27.2. The van der Waals surface area contributed by atoms with Crippen molar-refractivity contribution in [3.8, 4) is 0 Å². The van der Waals surface area contributed by atoms with Gasteiger partial charge in [0.05, 0.1) is 16.5 Å². The number of carbonyl (C=O) groups is 2. The molecular weight excluding hydrogens is 296 g/mol. The largest absolute Gasteiger partial charge is 0.481 e. The molecule has 1 aromatic heterocycles. The number of aromatic nitrogens is 1. The molecular formula is C14H17ClN2O4. The first kappa shape index (κ1) is 15.7.